The highest BCUT2D eigenvalue weighted by Crippen LogP contribution is 2.35. The third kappa shape index (κ3) is 3.55. The van der Waals surface area contributed by atoms with Gasteiger partial charge in [0.05, 0.1) is 11.3 Å². The SMILES string of the molecule is CC1=C(C(=O)Nc2ccccc2)C(c2ccccn2)n2nc(-c3cccnc3)nc2N1. The van der Waals surface area contributed by atoms with E-state index < -0.39 is 6.04 Å². The first kappa shape index (κ1) is 18.7. The number of hydrogen-bond donors (Lipinski definition) is 2. The van der Waals surface area contributed by atoms with Gasteiger partial charge in [-0.15, -0.1) is 5.10 Å². The molecule has 31 heavy (non-hydrogen) atoms. The Balaban J connectivity index is 1.60. The number of nitrogens with one attached hydrogen (secondary N) is 2. The van der Waals surface area contributed by atoms with Crippen molar-refractivity contribution in [1.29, 1.82) is 0 Å². The molecule has 4 aromatic rings. The molecular weight excluding hydrogens is 390 g/mol. The van der Waals surface area contributed by atoms with E-state index in [1.54, 1.807) is 23.3 Å². The van der Waals surface area contributed by atoms with E-state index in [0.29, 0.717) is 34.4 Å². The molecule has 1 aromatic carbocycles. The molecule has 0 radical (unpaired) electrons. The zero-order valence-electron chi connectivity index (χ0n) is 16.7. The number of pyridine rings is 2. The van der Waals surface area contributed by atoms with Crippen molar-refractivity contribution in [3.63, 3.8) is 0 Å². The highest BCUT2D eigenvalue weighted by Gasteiger charge is 2.35. The lowest BCUT2D eigenvalue weighted by Crippen LogP contribution is -2.32. The Hall–Kier alpha value is -4.33. The number of amides is 1. The molecule has 4 heterocycles. The van der Waals surface area contributed by atoms with Crippen LogP contribution in [0, 0.1) is 0 Å². The molecule has 0 bridgehead atoms. The number of nitrogens with zero attached hydrogens (tertiary/aromatic N) is 5. The summed E-state index contributed by atoms with van der Waals surface area (Å²) < 4.78 is 1.71. The topological polar surface area (TPSA) is 97.6 Å². The Bertz CT molecular complexity index is 1250. The lowest BCUT2D eigenvalue weighted by Gasteiger charge is -2.28. The first-order valence-corrected chi connectivity index (χ1v) is 9.83. The van der Waals surface area contributed by atoms with Crippen molar-refractivity contribution in [2.75, 3.05) is 10.6 Å². The largest absolute Gasteiger partial charge is 0.328 e. The van der Waals surface area contributed by atoms with Crippen LogP contribution in [0.3, 0.4) is 0 Å². The summed E-state index contributed by atoms with van der Waals surface area (Å²) in [6.07, 6.45) is 5.12. The molecule has 1 unspecified atom stereocenters. The minimum atomic E-state index is -0.529. The second-order valence-electron chi connectivity index (χ2n) is 7.09. The lowest BCUT2D eigenvalue weighted by atomic mass is 9.98. The molecule has 1 atom stereocenters. The van der Waals surface area contributed by atoms with Crippen molar-refractivity contribution in [1.82, 2.24) is 24.7 Å². The standard InChI is InChI=1S/C23H19N7O/c1-15-19(22(31)27-17-9-3-2-4-10-17)20(18-11-5-6-13-25-18)30-23(26-15)28-21(29-30)16-8-7-12-24-14-16/h2-14,20H,1H3,(H,27,31)(H,26,28,29). The molecule has 1 amide bonds. The summed E-state index contributed by atoms with van der Waals surface area (Å²) in [4.78, 5) is 26.6. The third-order valence-corrected chi connectivity index (χ3v) is 5.02. The Morgan fingerprint density at radius 1 is 1.03 bits per heavy atom. The highest BCUT2D eigenvalue weighted by molar-refractivity contribution is 6.05. The van der Waals surface area contributed by atoms with Gasteiger partial charge in [-0.3, -0.25) is 14.8 Å². The van der Waals surface area contributed by atoms with Gasteiger partial charge in [0.25, 0.3) is 5.91 Å². The number of carbonyl (C=O) groups is 1. The molecule has 8 nitrogen and oxygen atoms in total. The first-order chi connectivity index (χ1) is 15.2. The Kier molecular flexibility index (Phi) is 4.72. The molecule has 0 aliphatic carbocycles. The van der Waals surface area contributed by atoms with Crippen molar-refractivity contribution in [3.8, 4) is 11.4 Å². The van der Waals surface area contributed by atoms with Gasteiger partial charge in [0.2, 0.25) is 5.95 Å². The number of allylic oxidation sites excluding steroid dienone is 1. The van der Waals surface area contributed by atoms with E-state index in [2.05, 4.69) is 25.6 Å². The fourth-order valence-corrected chi connectivity index (χ4v) is 3.59. The summed E-state index contributed by atoms with van der Waals surface area (Å²) in [6, 6.07) is 18.2. The monoisotopic (exact) mass is 409 g/mol. The van der Waals surface area contributed by atoms with Crippen LogP contribution < -0.4 is 10.6 Å². The molecule has 152 valence electrons. The maximum Gasteiger partial charge on any atom is 0.255 e. The fraction of sp³-hybridized carbons (Fsp3) is 0.0870. The Labute approximate surface area is 178 Å². The molecular formula is C23H19N7O. The van der Waals surface area contributed by atoms with Crippen molar-refractivity contribution in [2.24, 2.45) is 0 Å². The van der Waals surface area contributed by atoms with Crippen molar-refractivity contribution >= 4 is 17.5 Å². The van der Waals surface area contributed by atoms with Crippen LogP contribution in [0.1, 0.15) is 18.7 Å². The molecule has 2 N–H and O–H groups in total. The van der Waals surface area contributed by atoms with E-state index in [0.717, 1.165) is 5.56 Å². The normalized spacial score (nSPS) is 15.2. The first-order valence-electron chi connectivity index (χ1n) is 9.83. The predicted octanol–water partition coefficient (Wildman–Crippen LogP) is 3.66. The van der Waals surface area contributed by atoms with Gasteiger partial charge in [-0.2, -0.15) is 4.98 Å². The summed E-state index contributed by atoms with van der Waals surface area (Å²) in [6.45, 7) is 1.86. The van der Waals surface area contributed by atoms with Gasteiger partial charge in [-0.05, 0) is 43.3 Å². The molecule has 0 saturated carbocycles. The van der Waals surface area contributed by atoms with Crippen LogP contribution in [0.2, 0.25) is 0 Å². The molecule has 3 aromatic heterocycles. The average Bonchev–Trinajstić information content (AvgIpc) is 3.23. The van der Waals surface area contributed by atoms with Crippen LogP contribution in [-0.2, 0) is 4.79 Å². The predicted molar refractivity (Wildman–Crippen MR) is 117 cm³/mol. The van der Waals surface area contributed by atoms with Crippen LogP contribution in [0.5, 0.6) is 0 Å². The van der Waals surface area contributed by atoms with Crippen molar-refractivity contribution < 1.29 is 4.79 Å². The van der Waals surface area contributed by atoms with Crippen LogP contribution >= 0.6 is 0 Å². The smallest absolute Gasteiger partial charge is 0.255 e. The molecule has 1 aliphatic rings. The summed E-state index contributed by atoms with van der Waals surface area (Å²) in [7, 11) is 0. The van der Waals surface area contributed by atoms with E-state index in [1.807, 2.05) is 67.6 Å². The number of carbonyl (C=O) groups excluding carboxylic acids is 1. The summed E-state index contributed by atoms with van der Waals surface area (Å²) >= 11 is 0. The highest BCUT2D eigenvalue weighted by atomic mass is 16.1. The quantitative estimate of drug-likeness (QED) is 0.534. The van der Waals surface area contributed by atoms with Gasteiger partial charge in [-0.1, -0.05) is 24.3 Å². The van der Waals surface area contributed by atoms with E-state index in [9.17, 15) is 4.79 Å². The minimum absolute atomic E-state index is 0.226. The zero-order valence-corrected chi connectivity index (χ0v) is 16.7. The maximum absolute atomic E-state index is 13.3. The number of aromatic nitrogens is 5. The van der Waals surface area contributed by atoms with E-state index in [1.165, 1.54) is 0 Å². The summed E-state index contributed by atoms with van der Waals surface area (Å²) in [5.74, 6) is 0.841. The number of anilines is 2. The van der Waals surface area contributed by atoms with Gasteiger partial charge in [-0.25, -0.2) is 4.68 Å². The molecule has 0 saturated heterocycles. The third-order valence-electron chi connectivity index (χ3n) is 5.02. The Morgan fingerprint density at radius 2 is 1.87 bits per heavy atom. The van der Waals surface area contributed by atoms with Crippen molar-refractivity contribution in [2.45, 2.75) is 13.0 Å². The van der Waals surface area contributed by atoms with Gasteiger partial charge in [0.15, 0.2) is 5.82 Å². The second kappa shape index (κ2) is 7.83. The van der Waals surface area contributed by atoms with Crippen molar-refractivity contribution in [3.05, 3.63) is 96.2 Å². The minimum Gasteiger partial charge on any atom is -0.328 e. The number of fused-ring (bicyclic) bond motifs is 1. The average molecular weight is 409 g/mol. The Morgan fingerprint density at radius 3 is 2.61 bits per heavy atom. The van der Waals surface area contributed by atoms with E-state index in [4.69, 9.17) is 5.10 Å². The molecule has 5 rings (SSSR count). The van der Waals surface area contributed by atoms with Gasteiger partial charge >= 0.3 is 0 Å². The van der Waals surface area contributed by atoms with E-state index in [-0.39, 0.29) is 5.91 Å². The van der Waals surface area contributed by atoms with Crippen LogP contribution in [-0.4, -0.2) is 30.6 Å². The van der Waals surface area contributed by atoms with Gasteiger partial charge in [0.1, 0.15) is 6.04 Å². The van der Waals surface area contributed by atoms with Crippen LogP contribution in [0.15, 0.2) is 90.5 Å². The molecule has 1 aliphatic heterocycles. The summed E-state index contributed by atoms with van der Waals surface area (Å²) in [5, 5.41) is 10.9. The molecule has 0 spiro atoms. The van der Waals surface area contributed by atoms with Crippen LogP contribution in [0.4, 0.5) is 11.6 Å². The van der Waals surface area contributed by atoms with E-state index >= 15 is 0 Å². The van der Waals surface area contributed by atoms with Gasteiger partial charge in [0, 0.05) is 35.5 Å². The molecule has 8 heteroatoms. The second-order valence-corrected chi connectivity index (χ2v) is 7.09. The number of rotatable bonds is 4. The fourth-order valence-electron chi connectivity index (χ4n) is 3.59. The molecule has 0 fully saturated rings. The lowest BCUT2D eigenvalue weighted by molar-refractivity contribution is -0.113. The maximum atomic E-state index is 13.3. The zero-order chi connectivity index (χ0) is 21.2. The number of para-hydroxylation sites is 1. The summed E-state index contributed by atoms with van der Waals surface area (Å²) in [5.41, 5.74) is 3.43. The van der Waals surface area contributed by atoms with Crippen LogP contribution in [0.25, 0.3) is 11.4 Å². The van der Waals surface area contributed by atoms with Gasteiger partial charge < -0.3 is 10.6 Å². The number of hydrogen-bond acceptors (Lipinski definition) is 6. The number of benzene rings is 1.